The lowest BCUT2D eigenvalue weighted by atomic mass is 9.99. The summed E-state index contributed by atoms with van der Waals surface area (Å²) in [5.74, 6) is -0.398. The Bertz CT molecular complexity index is 716. The number of hydrogen-bond donors (Lipinski definition) is 0. The summed E-state index contributed by atoms with van der Waals surface area (Å²) < 4.78 is 0. The Balaban J connectivity index is 1.95. The summed E-state index contributed by atoms with van der Waals surface area (Å²) in [5.41, 5.74) is 2.55. The van der Waals surface area contributed by atoms with Crippen LogP contribution >= 0.6 is 11.3 Å². The van der Waals surface area contributed by atoms with Gasteiger partial charge in [0.15, 0.2) is 11.7 Å². The maximum Gasteiger partial charge on any atom is 0.195 e. The van der Waals surface area contributed by atoms with Crippen LogP contribution in [0.3, 0.4) is 0 Å². The summed E-state index contributed by atoms with van der Waals surface area (Å²) in [7, 11) is 0. The van der Waals surface area contributed by atoms with Gasteiger partial charge in [0.1, 0.15) is 5.82 Å². The maximum absolute atomic E-state index is 12.6. The Morgan fingerprint density at radius 3 is 2.81 bits per heavy atom. The standard InChI is InChI=1S/C16H15N3OS/c1-9-6-13(19-10(2)18-9)12(8-17)16(20)15-7-11-4-3-5-14(11)21-15/h6-7,12H,3-5H2,1-2H3/t12-/m0/s1. The Morgan fingerprint density at radius 1 is 1.33 bits per heavy atom. The second-order valence-corrected chi connectivity index (χ2v) is 6.46. The quantitative estimate of drug-likeness (QED) is 0.816. The number of hydrogen-bond acceptors (Lipinski definition) is 5. The number of Topliss-reactive ketones (excluding diaryl/α,β-unsaturated/α-hetero) is 1. The topological polar surface area (TPSA) is 66.6 Å². The van der Waals surface area contributed by atoms with Crippen molar-refractivity contribution in [1.29, 1.82) is 5.26 Å². The largest absolute Gasteiger partial charge is 0.291 e. The van der Waals surface area contributed by atoms with Gasteiger partial charge in [-0.3, -0.25) is 4.79 Å². The summed E-state index contributed by atoms with van der Waals surface area (Å²) in [4.78, 5) is 23.1. The van der Waals surface area contributed by atoms with Crippen LogP contribution in [0.4, 0.5) is 0 Å². The predicted molar refractivity (Wildman–Crippen MR) is 80.5 cm³/mol. The van der Waals surface area contributed by atoms with Gasteiger partial charge in [0.25, 0.3) is 0 Å². The van der Waals surface area contributed by atoms with E-state index in [9.17, 15) is 10.1 Å². The van der Waals surface area contributed by atoms with Crippen LogP contribution in [-0.2, 0) is 12.8 Å². The molecule has 0 amide bonds. The highest BCUT2D eigenvalue weighted by Crippen LogP contribution is 2.33. The molecule has 3 rings (SSSR count). The Morgan fingerprint density at radius 2 is 2.14 bits per heavy atom. The van der Waals surface area contributed by atoms with Gasteiger partial charge in [0.2, 0.25) is 0 Å². The van der Waals surface area contributed by atoms with Crippen molar-refractivity contribution in [2.75, 3.05) is 0 Å². The Hall–Kier alpha value is -2.06. The molecule has 0 radical (unpaired) electrons. The van der Waals surface area contributed by atoms with Crippen molar-refractivity contribution in [3.05, 3.63) is 44.7 Å². The zero-order chi connectivity index (χ0) is 15.0. The molecule has 0 aliphatic heterocycles. The van der Waals surface area contributed by atoms with E-state index in [1.807, 2.05) is 13.0 Å². The molecule has 0 aromatic carbocycles. The molecular weight excluding hydrogens is 282 g/mol. The number of rotatable bonds is 3. The van der Waals surface area contributed by atoms with Crippen molar-refractivity contribution in [2.45, 2.75) is 39.0 Å². The van der Waals surface area contributed by atoms with E-state index < -0.39 is 5.92 Å². The Labute approximate surface area is 127 Å². The molecule has 0 fully saturated rings. The number of ketones is 1. The fourth-order valence-corrected chi connectivity index (χ4v) is 3.97. The number of aryl methyl sites for hydroxylation is 4. The second-order valence-electron chi connectivity index (χ2n) is 5.32. The molecule has 0 N–H and O–H groups in total. The number of carbonyl (C=O) groups excluding carboxylic acids is 1. The van der Waals surface area contributed by atoms with Gasteiger partial charge >= 0.3 is 0 Å². The Kier molecular flexibility index (Phi) is 3.56. The van der Waals surface area contributed by atoms with Crippen LogP contribution in [0.2, 0.25) is 0 Å². The van der Waals surface area contributed by atoms with Crippen LogP contribution in [0, 0.1) is 25.2 Å². The summed E-state index contributed by atoms with van der Waals surface area (Å²) in [6.07, 6.45) is 3.26. The number of carbonyl (C=O) groups is 1. The zero-order valence-electron chi connectivity index (χ0n) is 12.0. The van der Waals surface area contributed by atoms with Crippen LogP contribution in [0.1, 0.15) is 49.7 Å². The fraction of sp³-hybridized carbons (Fsp3) is 0.375. The minimum atomic E-state index is -0.843. The van der Waals surface area contributed by atoms with Crippen molar-refractivity contribution in [3.63, 3.8) is 0 Å². The molecule has 2 heterocycles. The minimum Gasteiger partial charge on any atom is -0.291 e. The highest BCUT2D eigenvalue weighted by atomic mass is 32.1. The molecule has 106 valence electrons. The summed E-state index contributed by atoms with van der Waals surface area (Å²) in [5, 5.41) is 9.41. The number of nitriles is 1. The molecule has 0 bridgehead atoms. The molecule has 0 saturated heterocycles. The molecule has 21 heavy (non-hydrogen) atoms. The van der Waals surface area contributed by atoms with Gasteiger partial charge < -0.3 is 0 Å². The number of thiophene rings is 1. The van der Waals surface area contributed by atoms with E-state index in [0.29, 0.717) is 16.4 Å². The molecule has 0 unspecified atom stereocenters. The predicted octanol–water partition coefficient (Wildman–Crippen LogP) is 3.13. The van der Waals surface area contributed by atoms with Crippen LogP contribution in [-0.4, -0.2) is 15.8 Å². The molecule has 1 aliphatic carbocycles. The van der Waals surface area contributed by atoms with Crippen LogP contribution in [0.25, 0.3) is 0 Å². The number of nitrogens with zero attached hydrogens (tertiary/aromatic N) is 3. The monoisotopic (exact) mass is 297 g/mol. The van der Waals surface area contributed by atoms with Crippen LogP contribution in [0.15, 0.2) is 12.1 Å². The third-order valence-electron chi connectivity index (χ3n) is 3.66. The van der Waals surface area contributed by atoms with E-state index in [1.54, 1.807) is 13.0 Å². The maximum atomic E-state index is 12.6. The molecule has 4 nitrogen and oxygen atoms in total. The number of fused-ring (bicyclic) bond motifs is 1. The van der Waals surface area contributed by atoms with Gasteiger partial charge in [0, 0.05) is 10.6 Å². The highest BCUT2D eigenvalue weighted by molar-refractivity contribution is 7.14. The molecule has 1 aliphatic rings. The van der Waals surface area contributed by atoms with Gasteiger partial charge in [-0.25, -0.2) is 9.97 Å². The van der Waals surface area contributed by atoms with E-state index in [2.05, 4.69) is 16.0 Å². The van der Waals surface area contributed by atoms with Gasteiger partial charge in [-0.2, -0.15) is 5.26 Å². The molecule has 0 saturated carbocycles. The van der Waals surface area contributed by atoms with Crippen molar-refractivity contribution in [3.8, 4) is 6.07 Å². The molecule has 2 aromatic rings. The summed E-state index contributed by atoms with van der Waals surface area (Å²) >= 11 is 1.53. The first-order valence-electron chi connectivity index (χ1n) is 6.96. The lowest BCUT2D eigenvalue weighted by Crippen LogP contribution is -2.13. The van der Waals surface area contributed by atoms with Gasteiger partial charge in [-0.1, -0.05) is 0 Å². The van der Waals surface area contributed by atoms with Gasteiger partial charge in [-0.05, 0) is 50.8 Å². The molecular formula is C16H15N3OS. The lowest BCUT2D eigenvalue weighted by molar-refractivity contribution is 0.0981. The van der Waals surface area contributed by atoms with E-state index in [4.69, 9.17) is 0 Å². The van der Waals surface area contributed by atoms with E-state index in [1.165, 1.54) is 28.2 Å². The SMILES string of the molecule is Cc1cc([C@H](C#N)C(=O)c2cc3c(s2)CCC3)nc(C)n1. The molecule has 2 aromatic heterocycles. The molecule has 5 heteroatoms. The summed E-state index contributed by atoms with van der Waals surface area (Å²) in [6, 6.07) is 5.78. The lowest BCUT2D eigenvalue weighted by Gasteiger charge is -2.08. The third-order valence-corrected chi connectivity index (χ3v) is 4.91. The van der Waals surface area contributed by atoms with Crippen molar-refractivity contribution < 1.29 is 4.79 Å². The highest BCUT2D eigenvalue weighted by Gasteiger charge is 2.27. The molecule has 1 atom stereocenters. The first-order chi connectivity index (χ1) is 10.1. The minimum absolute atomic E-state index is 0.144. The normalized spacial score (nSPS) is 14.5. The first kappa shape index (κ1) is 13.9. The summed E-state index contributed by atoms with van der Waals surface area (Å²) in [6.45, 7) is 3.62. The number of aromatic nitrogens is 2. The second kappa shape index (κ2) is 5.38. The van der Waals surface area contributed by atoms with E-state index in [-0.39, 0.29) is 5.78 Å². The van der Waals surface area contributed by atoms with E-state index in [0.717, 1.165) is 18.5 Å². The van der Waals surface area contributed by atoms with Crippen molar-refractivity contribution >= 4 is 17.1 Å². The third kappa shape index (κ3) is 2.59. The average Bonchev–Trinajstić information content (AvgIpc) is 2.98. The fourth-order valence-electron chi connectivity index (χ4n) is 2.75. The molecule has 0 spiro atoms. The smallest absolute Gasteiger partial charge is 0.195 e. The average molecular weight is 297 g/mol. The van der Waals surface area contributed by atoms with E-state index >= 15 is 0 Å². The van der Waals surface area contributed by atoms with Crippen molar-refractivity contribution in [1.82, 2.24) is 9.97 Å². The van der Waals surface area contributed by atoms with Gasteiger partial charge in [-0.15, -0.1) is 11.3 Å². The zero-order valence-corrected chi connectivity index (χ0v) is 12.8. The van der Waals surface area contributed by atoms with Gasteiger partial charge in [0.05, 0.1) is 16.6 Å². The van der Waals surface area contributed by atoms with Crippen molar-refractivity contribution in [2.24, 2.45) is 0 Å². The van der Waals surface area contributed by atoms with Crippen LogP contribution < -0.4 is 0 Å². The van der Waals surface area contributed by atoms with Crippen LogP contribution in [0.5, 0.6) is 0 Å². The first-order valence-corrected chi connectivity index (χ1v) is 7.77.